The van der Waals surface area contributed by atoms with Crippen LogP contribution in [0, 0.1) is 43.5 Å². The van der Waals surface area contributed by atoms with Crippen molar-refractivity contribution in [1.82, 2.24) is 5.32 Å². The number of amides is 1. The summed E-state index contributed by atoms with van der Waals surface area (Å²) >= 11 is 4.46. The van der Waals surface area contributed by atoms with Crippen LogP contribution in [0.4, 0.5) is 0 Å². The molecule has 1 fully saturated rings. The molecular formula is C15H25I2N4O2U-. The van der Waals surface area contributed by atoms with Crippen LogP contribution in [0.2, 0.25) is 0 Å². The molecule has 9 heteroatoms. The third kappa shape index (κ3) is 7.98. The number of rotatable bonds is 6. The van der Waals surface area contributed by atoms with E-state index < -0.39 is 5.54 Å². The van der Waals surface area contributed by atoms with Crippen LogP contribution in [-0.4, -0.2) is 52.4 Å². The van der Waals surface area contributed by atoms with E-state index in [0.717, 1.165) is 10.0 Å². The first-order valence-corrected chi connectivity index (χ1v) is 9.90. The zero-order valence-corrected chi connectivity index (χ0v) is 22.2. The standard InChI is InChI=1S/C15H25I2N4O2.U/c1-2-12(17)13(6-18)21-14(23)4-10-3-11(16)5-15(8-19,9-22)20-7-10;/h2,5,10-11,20,22H,3-4,6-9,18-19H2,1H3;/q-1;/b12-2+,21-13?;/t10?,11-,15+;/m0./s1. The molecule has 0 spiro atoms. The van der Waals surface area contributed by atoms with Crippen LogP contribution in [0.25, 0.3) is 0 Å². The van der Waals surface area contributed by atoms with Crippen LogP contribution >= 0.6 is 45.2 Å². The molecular weight excluding hydrogens is 760 g/mol. The van der Waals surface area contributed by atoms with Gasteiger partial charge in [-0.15, -0.1) is 26.5 Å². The van der Waals surface area contributed by atoms with Gasteiger partial charge in [0.25, 0.3) is 0 Å². The summed E-state index contributed by atoms with van der Waals surface area (Å²) < 4.78 is 1.14. The number of carbonyl (C=O) groups excluding carboxylic acids is 1. The molecule has 0 aromatic rings. The van der Waals surface area contributed by atoms with Gasteiger partial charge in [0.15, 0.2) is 0 Å². The Bertz CT molecular complexity index is 470. The molecule has 1 amide bonds. The Hall–Kier alpha value is 1.43. The molecule has 24 heavy (non-hydrogen) atoms. The summed E-state index contributed by atoms with van der Waals surface area (Å²) in [5, 5.41) is 12.9. The van der Waals surface area contributed by atoms with Crippen molar-refractivity contribution in [2.45, 2.75) is 29.2 Å². The number of alkyl halides is 1. The Morgan fingerprint density at radius 2 is 2.21 bits per heavy atom. The van der Waals surface area contributed by atoms with Gasteiger partial charge in [0, 0.05) is 54.3 Å². The number of nitrogens with zero attached hydrogens (tertiary/aromatic N) is 1. The molecule has 0 saturated carbocycles. The van der Waals surface area contributed by atoms with E-state index in [0.29, 0.717) is 25.2 Å². The Morgan fingerprint density at radius 3 is 2.71 bits per heavy atom. The molecule has 1 heterocycles. The zero-order valence-electron chi connectivity index (χ0n) is 13.8. The second kappa shape index (κ2) is 12.8. The Kier molecular flexibility index (Phi) is 13.5. The molecule has 0 aromatic heterocycles. The van der Waals surface area contributed by atoms with Gasteiger partial charge in [-0.1, -0.05) is 18.0 Å². The van der Waals surface area contributed by atoms with Gasteiger partial charge in [-0.05, 0) is 48.5 Å². The summed E-state index contributed by atoms with van der Waals surface area (Å²) in [4.78, 5) is 16.4. The minimum Gasteiger partial charge on any atom is -0.397 e. The summed E-state index contributed by atoms with van der Waals surface area (Å²) in [5.74, 6) is 0.00720. The van der Waals surface area contributed by atoms with E-state index in [1.165, 1.54) is 0 Å². The SMILES string of the molecule is C/C=C(/I)C(CN)=NC(=O)CC1CN[C@](CN)(CO)[CH-][C@@H](I)C1.[U]. The van der Waals surface area contributed by atoms with Crippen LogP contribution in [0.15, 0.2) is 14.6 Å². The van der Waals surface area contributed by atoms with Crippen molar-refractivity contribution in [3.63, 3.8) is 0 Å². The Labute approximate surface area is 195 Å². The summed E-state index contributed by atoms with van der Waals surface area (Å²) in [6.45, 7) is 3.07. The molecule has 0 aromatic carbocycles. The monoisotopic (exact) mass is 785 g/mol. The number of hydrogen-bond acceptors (Lipinski definition) is 5. The normalized spacial score (nSPS) is 28.9. The topological polar surface area (TPSA) is 114 Å². The van der Waals surface area contributed by atoms with Crippen molar-refractivity contribution < 1.29 is 41.0 Å². The first-order chi connectivity index (χ1) is 10.9. The molecule has 3 atom stereocenters. The number of nitrogens with two attached hydrogens (primary N) is 2. The first kappa shape index (κ1) is 25.4. The van der Waals surface area contributed by atoms with Crippen molar-refractivity contribution in [2.24, 2.45) is 22.4 Å². The molecule has 1 aliphatic heterocycles. The molecule has 1 saturated heterocycles. The van der Waals surface area contributed by atoms with E-state index in [1.807, 2.05) is 13.0 Å². The first-order valence-electron chi connectivity index (χ1n) is 7.58. The van der Waals surface area contributed by atoms with Crippen molar-refractivity contribution in [1.29, 1.82) is 0 Å². The maximum Gasteiger partial charge on any atom is 0.246 e. The third-order valence-electron chi connectivity index (χ3n) is 3.89. The molecule has 0 bridgehead atoms. The zero-order chi connectivity index (χ0) is 17.5. The van der Waals surface area contributed by atoms with E-state index in [1.54, 1.807) is 0 Å². The molecule has 1 rings (SSSR count). The number of carbonyl (C=O) groups is 1. The Morgan fingerprint density at radius 1 is 1.54 bits per heavy atom. The minimum atomic E-state index is -0.560. The summed E-state index contributed by atoms with van der Waals surface area (Å²) in [6.07, 6.45) is 5.16. The van der Waals surface area contributed by atoms with Crippen LogP contribution in [-0.2, 0) is 4.79 Å². The minimum absolute atomic E-state index is 0. The molecule has 1 aliphatic rings. The van der Waals surface area contributed by atoms with Crippen LogP contribution in [0.1, 0.15) is 19.8 Å². The summed E-state index contributed by atoms with van der Waals surface area (Å²) in [5.41, 5.74) is 11.5. The molecule has 0 radical (unpaired) electrons. The average Bonchev–Trinajstić information content (AvgIpc) is 2.70. The van der Waals surface area contributed by atoms with E-state index in [2.05, 4.69) is 61.9 Å². The van der Waals surface area contributed by atoms with Gasteiger partial charge in [-0.3, -0.25) is 11.2 Å². The number of allylic oxidation sites excluding steroid dienone is 1. The maximum absolute atomic E-state index is 12.2. The molecule has 1 unspecified atom stereocenters. The van der Waals surface area contributed by atoms with Crippen molar-refractivity contribution in [2.75, 3.05) is 26.2 Å². The van der Waals surface area contributed by atoms with Gasteiger partial charge in [0.1, 0.15) is 0 Å². The number of halogens is 2. The number of aliphatic imine (C=N–C) groups is 1. The fourth-order valence-electron chi connectivity index (χ4n) is 2.50. The molecule has 0 aliphatic carbocycles. The van der Waals surface area contributed by atoms with Gasteiger partial charge in [-0.2, -0.15) is 0 Å². The van der Waals surface area contributed by atoms with Crippen LogP contribution in [0.5, 0.6) is 0 Å². The Balaban J connectivity index is 0.00000529. The fourth-order valence-corrected chi connectivity index (χ4v) is 4.25. The van der Waals surface area contributed by atoms with E-state index in [9.17, 15) is 9.90 Å². The number of aliphatic hydroxyl groups is 1. The van der Waals surface area contributed by atoms with Gasteiger partial charge in [0.2, 0.25) is 5.91 Å². The van der Waals surface area contributed by atoms with E-state index >= 15 is 0 Å². The molecule has 6 N–H and O–H groups in total. The van der Waals surface area contributed by atoms with E-state index in [-0.39, 0.29) is 60.0 Å². The number of hydrogen-bond donors (Lipinski definition) is 4. The van der Waals surface area contributed by atoms with Gasteiger partial charge in [0.05, 0.1) is 5.71 Å². The second-order valence-electron chi connectivity index (χ2n) is 5.68. The average molecular weight is 785 g/mol. The van der Waals surface area contributed by atoms with Crippen molar-refractivity contribution in [3.05, 3.63) is 16.1 Å². The van der Waals surface area contributed by atoms with E-state index in [4.69, 9.17) is 11.5 Å². The predicted octanol–water partition coefficient (Wildman–Crippen LogP) is 0.949. The summed E-state index contributed by atoms with van der Waals surface area (Å²) in [6, 6.07) is 0. The maximum atomic E-state index is 12.2. The largest absolute Gasteiger partial charge is 0.397 e. The van der Waals surface area contributed by atoms with Gasteiger partial charge in [-0.25, -0.2) is 4.99 Å². The third-order valence-corrected chi connectivity index (χ3v) is 6.01. The number of nitrogens with one attached hydrogen (secondary N) is 1. The summed E-state index contributed by atoms with van der Waals surface area (Å²) in [7, 11) is 0. The van der Waals surface area contributed by atoms with Gasteiger partial charge < -0.3 is 21.9 Å². The fraction of sp³-hybridized carbons (Fsp3) is 0.667. The van der Waals surface area contributed by atoms with Crippen LogP contribution in [0.3, 0.4) is 0 Å². The predicted molar refractivity (Wildman–Crippen MR) is 111 cm³/mol. The smallest absolute Gasteiger partial charge is 0.246 e. The van der Waals surface area contributed by atoms with Gasteiger partial charge >= 0.3 is 0 Å². The molecule has 6 nitrogen and oxygen atoms in total. The number of aliphatic hydroxyl groups excluding tert-OH is 1. The second-order valence-corrected chi connectivity index (χ2v) is 8.44. The van der Waals surface area contributed by atoms with Crippen LogP contribution < -0.4 is 16.8 Å². The quantitative estimate of drug-likeness (QED) is 0.139. The van der Waals surface area contributed by atoms with Crippen molar-refractivity contribution in [3.8, 4) is 0 Å². The molecule has 136 valence electrons. The van der Waals surface area contributed by atoms with Crippen molar-refractivity contribution >= 4 is 56.8 Å².